The molecule has 12 heteroatoms. The van der Waals surface area contributed by atoms with E-state index in [1.807, 2.05) is 61.7 Å². The predicted molar refractivity (Wildman–Crippen MR) is 194 cm³/mol. The fourth-order valence-corrected chi connectivity index (χ4v) is 11.3. The molecule has 3 aliphatic heterocycles. The van der Waals surface area contributed by atoms with Gasteiger partial charge in [-0.1, -0.05) is 48.9 Å². The van der Waals surface area contributed by atoms with Crippen molar-refractivity contribution in [2.24, 2.45) is 5.92 Å². The number of aliphatic hydroxyl groups is 1. The lowest BCUT2D eigenvalue weighted by Crippen LogP contribution is -2.45. The third kappa shape index (κ3) is 6.04. The minimum Gasteiger partial charge on any atom is -0.394 e. The van der Waals surface area contributed by atoms with Crippen LogP contribution in [0.3, 0.4) is 0 Å². The Hall–Kier alpha value is -4.03. The van der Waals surface area contributed by atoms with Crippen molar-refractivity contribution in [1.82, 2.24) is 9.88 Å². The number of hydrogen-bond acceptors (Lipinski definition) is 5. The maximum absolute atomic E-state index is 16.3. The van der Waals surface area contributed by atoms with E-state index < -0.39 is 31.6 Å². The van der Waals surface area contributed by atoms with Crippen molar-refractivity contribution in [3.63, 3.8) is 0 Å². The average molecular weight is 717 g/mol. The molecule has 4 aromatic rings. The number of hydrogen-bond donors (Lipinski definition) is 3. The van der Waals surface area contributed by atoms with Crippen LogP contribution in [0.15, 0.2) is 72.9 Å². The number of rotatable bonds is 9. The van der Waals surface area contributed by atoms with Gasteiger partial charge in [0.2, 0.25) is 20.2 Å². The summed E-state index contributed by atoms with van der Waals surface area (Å²) in [7, 11) is -3.49. The molecule has 9 nitrogen and oxygen atoms in total. The molecule has 3 aromatic carbocycles. The van der Waals surface area contributed by atoms with Gasteiger partial charge in [-0.3, -0.25) is 14.4 Å². The Labute approximate surface area is 296 Å². The Morgan fingerprint density at radius 2 is 1.94 bits per heavy atom. The van der Waals surface area contributed by atoms with Gasteiger partial charge < -0.3 is 34.1 Å². The van der Waals surface area contributed by atoms with E-state index >= 15 is 4.11 Å². The van der Waals surface area contributed by atoms with Gasteiger partial charge in [-0.05, 0) is 73.5 Å². The summed E-state index contributed by atoms with van der Waals surface area (Å²) in [4.78, 5) is 47.9. The zero-order chi connectivity index (χ0) is 35.4. The van der Waals surface area contributed by atoms with Crippen LogP contribution >= 0.6 is 11.6 Å². The zero-order valence-electron chi connectivity index (χ0n) is 28.4. The van der Waals surface area contributed by atoms with Crippen LogP contribution in [0.4, 0.5) is 15.5 Å². The lowest BCUT2D eigenvalue weighted by molar-refractivity contribution is -0.150. The smallest absolute Gasteiger partial charge is 0.264 e. The molecule has 0 aliphatic carbocycles. The molecule has 2 fully saturated rings. The van der Waals surface area contributed by atoms with Crippen molar-refractivity contribution < 1.29 is 28.3 Å². The molecule has 0 saturated carbocycles. The van der Waals surface area contributed by atoms with Gasteiger partial charge in [-0.15, -0.1) is 0 Å². The van der Waals surface area contributed by atoms with E-state index in [0.717, 1.165) is 34.9 Å². The summed E-state index contributed by atoms with van der Waals surface area (Å²) in [6.07, 6.45) is 2.66. The third-order valence-corrected chi connectivity index (χ3v) is 13.5. The van der Waals surface area contributed by atoms with E-state index in [1.165, 1.54) is 0 Å². The van der Waals surface area contributed by atoms with Crippen LogP contribution in [0, 0.1) is 5.92 Å². The van der Waals surface area contributed by atoms with Crippen LogP contribution < -0.4 is 10.2 Å². The number of nitrogens with one attached hydrogen (secondary N) is 2. The number of fused-ring (bicyclic) bond motifs is 3. The van der Waals surface area contributed by atoms with Gasteiger partial charge in [0.25, 0.3) is 5.91 Å². The van der Waals surface area contributed by atoms with Crippen molar-refractivity contribution in [1.29, 1.82) is 0 Å². The SMILES string of the molecule is C[C@@H]1[C@@H]([Si](C)(C)F)[C@H](CC(=O)N2CCC[C@H]2CO)O[C@@]12C(=O)N(Cc1cccc(NC(=O)Cc3c[nH]c4ccccc34)c1)c1ccc(Cl)cc12. The van der Waals surface area contributed by atoms with Gasteiger partial charge in [-0.2, -0.15) is 0 Å². The first-order chi connectivity index (χ1) is 23.9. The Kier molecular flexibility index (Phi) is 9.13. The molecule has 1 spiro atoms. The van der Waals surface area contributed by atoms with Crippen LogP contribution in [0.1, 0.15) is 42.9 Å². The van der Waals surface area contributed by atoms with Crippen LogP contribution in [-0.2, 0) is 37.7 Å². The van der Waals surface area contributed by atoms with E-state index in [4.69, 9.17) is 16.3 Å². The number of aliphatic hydroxyl groups excluding tert-OH is 1. The molecular weight excluding hydrogens is 675 g/mol. The predicted octanol–water partition coefficient (Wildman–Crippen LogP) is 6.70. The monoisotopic (exact) mass is 716 g/mol. The zero-order valence-corrected chi connectivity index (χ0v) is 30.2. The number of carbonyl (C=O) groups excluding carboxylic acids is 3. The highest BCUT2D eigenvalue weighted by molar-refractivity contribution is 6.72. The summed E-state index contributed by atoms with van der Waals surface area (Å²) in [5, 5.41) is 14.3. The van der Waals surface area contributed by atoms with Crippen LogP contribution in [0.2, 0.25) is 23.7 Å². The molecular formula is C38H42ClFN4O5Si. The first-order valence-electron chi connectivity index (χ1n) is 17.2. The maximum Gasteiger partial charge on any atom is 0.264 e. The Bertz CT molecular complexity index is 1960. The molecule has 0 radical (unpaired) electrons. The van der Waals surface area contributed by atoms with Crippen molar-refractivity contribution >= 4 is 60.0 Å². The van der Waals surface area contributed by atoms with Gasteiger partial charge in [0.05, 0.1) is 43.8 Å². The summed E-state index contributed by atoms with van der Waals surface area (Å²) in [6.45, 7) is 5.65. The minimum atomic E-state index is -3.49. The normalized spacial score (nSPS) is 24.8. The van der Waals surface area contributed by atoms with E-state index in [9.17, 15) is 19.5 Å². The summed E-state index contributed by atoms with van der Waals surface area (Å²) in [6, 6.07) is 20.2. The molecule has 0 bridgehead atoms. The quantitative estimate of drug-likeness (QED) is 0.132. The first-order valence-corrected chi connectivity index (χ1v) is 20.6. The van der Waals surface area contributed by atoms with Crippen LogP contribution in [0.25, 0.3) is 10.9 Å². The lowest BCUT2D eigenvalue weighted by Gasteiger charge is -2.31. The molecule has 262 valence electrons. The van der Waals surface area contributed by atoms with Crippen molar-refractivity contribution in [2.75, 3.05) is 23.4 Å². The standard InChI is InChI=1S/C38H42ClFN4O5Si/c1-23-36(50(2,3)40)33(19-35(47)43-15-7-10-28(43)22-45)49-38(23)30-18-26(39)13-14-32(30)44(37(38)48)21-24-8-6-9-27(16-24)42-34(46)17-25-20-41-31-12-5-4-11-29(25)31/h4-6,8-9,11-14,16,18,20,23,28,33,36,41,45H,7,10,15,17,19,21-22H2,1-3H3,(H,42,46)/t23-,28+,33+,36-,38+/m1/s1. The number of benzene rings is 3. The van der Waals surface area contributed by atoms with E-state index in [0.29, 0.717) is 28.5 Å². The molecule has 4 heterocycles. The van der Waals surface area contributed by atoms with E-state index in [2.05, 4.69) is 10.3 Å². The third-order valence-electron chi connectivity index (χ3n) is 10.8. The Morgan fingerprint density at radius 1 is 1.14 bits per heavy atom. The van der Waals surface area contributed by atoms with Crippen LogP contribution in [-0.4, -0.2) is 66.4 Å². The molecule has 3 amide bonds. The highest BCUT2D eigenvalue weighted by atomic mass is 35.5. The largest absolute Gasteiger partial charge is 0.394 e. The molecule has 1 aromatic heterocycles. The van der Waals surface area contributed by atoms with Gasteiger partial charge in [0, 0.05) is 51.4 Å². The number of halogens is 2. The average Bonchev–Trinajstić information content (AvgIpc) is 3.83. The Morgan fingerprint density at radius 3 is 2.72 bits per heavy atom. The second kappa shape index (κ2) is 13.3. The molecule has 5 atom stereocenters. The number of ether oxygens (including phenoxy) is 1. The number of aromatic amines is 1. The fourth-order valence-electron chi connectivity index (χ4n) is 8.61. The topological polar surface area (TPSA) is 115 Å². The molecule has 3 aliphatic rings. The number of amides is 3. The number of aromatic nitrogens is 1. The summed E-state index contributed by atoms with van der Waals surface area (Å²) < 4.78 is 23.0. The number of likely N-dealkylation sites (tertiary alicyclic amines) is 1. The molecule has 7 rings (SSSR count). The summed E-state index contributed by atoms with van der Waals surface area (Å²) >= 11 is 6.53. The Balaban J connectivity index is 1.15. The number of para-hydroxylation sites is 1. The minimum absolute atomic E-state index is 0.0723. The van der Waals surface area contributed by atoms with Crippen molar-refractivity contribution in [3.8, 4) is 0 Å². The molecule has 0 unspecified atom stereocenters. The van der Waals surface area contributed by atoms with Gasteiger partial charge in [-0.25, -0.2) is 0 Å². The molecule has 3 N–H and O–H groups in total. The second-order valence-electron chi connectivity index (χ2n) is 14.4. The summed E-state index contributed by atoms with van der Waals surface area (Å²) in [5.41, 5.74) is 2.25. The number of nitrogens with zero attached hydrogens (tertiary/aromatic N) is 2. The van der Waals surface area contributed by atoms with Crippen molar-refractivity contribution in [3.05, 3.63) is 94.6 Å². The van der Waals surface area contributed by atoms with Gasteiger partial charge in [0.1, 0.15) is 0 Å². The second-order valence-corrected chi connectivity index (χ2v) is 18.6. The van der Waals surface area contributed by atoms with Gasteiger partial charge >= 0.3 is 0 Å². The maximum atomic E-state index is 16.3. The van der Waals surface area contributed by atoms with Gasteiger partial charge in [0.15, 0.2) is 5.60 Å². The van der Waals surface area contributed by atoms with Crippen molar-refractivity contribution in [2.45, 2.75) is 75.5 Å². The lowest BCUT2D eigenvalue weighted by atomic mass is 9.82. The highest BCUT2D eigenvalue weighted by Crippen LogP contribution is 2.60. The molecule has 50 heavy (non-hydrogen) atoms. The van der Waals surface area contributed by atoms with E-state index in [1.54, 1.807) is 41.1 Å². The van der Waals surface area contributed by atoms with E-state index in [-0.39, 0.29) is 49.8 Å². The number of anilines is 2. The molecule has 2 saturated heterocycles. The first kappa shape index (κ1) is 34.4. The fraction of sp³-hybridized carbons (Fsp3) is 0.395. The summed E-state index contributed by atoms with van der Waals surface area (Å²) in [5.74, 6) is -1.27. The van der Waals surface area contributed by atoms with Crippen LogP contribution in [0.5, 0.6) is 0 Å². The number of carbonyl (C=O) groups is 3. The number of H-pyrrole nitrogens is 1. The highest BCUT2D eigenvalue weighted by Gasteiger charge is 2.67.